The maximum atomic E-state index is 5.71. The number of aromatic nitrogens is 1. The van der Waals surface area contributed by atoms with Crippen LogP contribution in [-0.4, -0.2) is 4.98 Å². The summed E-state index contributed by atoms with van der Waals surface area (Å²) in [5.41, 5.74) is 8.15. The molecule has 2 aromatic rings. The predicted octanol–water partition coefficient (Wildman–Crippen LogP) is 4.31. The second-order valence-corrected chi connectivity index (χ2v) is 4.85. The van der Waals surface area contributed by atoms with Crippen LogP contribution in [0.4, 0.5) is 5.69 Å². The quantitative estimate of drug-likeness (QED) is 0.585. The highest BCUT2D eigenvalue weighted by molar-refractivity contribution is 5.76. The van der Waals surface area contributed by atoms with Crippen molar-refractivity contribution in [2.75, 3.05) is 5.73 Å². The fourth-order valence-electron chi connectivity index (χ4n) is 2.15. The summed E-state index contributed by atoms with van der Waals surface area (Å²) in [6, 6.07) is 5.62. The number of rotatable bonds is 7. The topological polar surface area (TPSA) is 52.0 Å². The Hall–Kier alpha value is -1.51. The zero-order valence-electron chi connectivity index (χ0n) is 11.1. The van der Waals surface area contributed by atoms with Crippen LogP contribution in [0.15, 0.2) is 22.6 Å². The lowest BCUT2D eigenvalue weighted by atomic mass is 10.1. The van der Waals surface area contributed by atoms with Gasteiger partial charge < -0.3 is 10.2 Å². The number of hydrogen-bond acceptors (Lipinski definition) is 3. The molecule has 0 aliphatic carbocycles. The SMILES string of the molecule is CCCCCCCCc1nc2ccc(N)cc2o1. The number of oxazole rings is 1. The van der Waals surface area contributed by atoms with E-state index in [4.69, 9.17) is 10.2 Å². The molecule has 1 heterocycles. The van der Waals surface area contributed by atoms with Crippen LogP contribution < -0.4 is 5.73 Å². The zero-order chi connectivity index (χ0) is 12.8. The molecule has 0 saturated carbocycles. The highest BCUT2D eigenvalue weighted by atomic mass is 16.3. The lowest BCUT2D eigenvalue weighted by Gasteiger charge is -1.98. The van der Waals surface area contributed by atoms with Crippen LogP contribution in [0.1, 0.15) is 51.3 Å². The van der Waals surface area contributed by atoms with Crippen molar-refractivity contribution in [3.8, 4) is 0 Å². The molecule has 0 unspecified atom stereocenters. The predicted molar refractivity (Wildman–Crippen MR) is 75.5 cm³/mol. The maximum Gasteiger partial charge on any atom is 0.195 e. The molecule has 2 rings (SSSR count). The van der Waals surface area contributed by atoms with Gasteiger partial charge in [0.05, 0.1) is 0 Å². The molecule has 98 valence electrons. The molecule has 0 radical (unpaired) electrons. The van der Waals surface area contributed by atoms with Gasteiger partial charge in [0.2, 0.25) is 0 Å². The van der Waals surface area contributed by atoms with Gasteiger partial charge in [0.15, 0.2) is 11.5 Å². The molecule has 0 atom stereocenters. The van der Waals surface area contributed by atoms with Crippen LogP contribution in [0.25, 0.3) is 11.1 Å². The molecule has 3 nitrogen and oxygen atoms in total. The van der Waals surface area contributed by atoms with Crippen molar-refractivity contribution in [1.29, 1.82) is 0 Å². The minimum absolute atomic E-state index is 0.727. The van der Waals surface area contributed by atoms with E-state index in [2.05, 4.69) is 11.9 Å². The molecule has 0 saturated heterocycles. The van der Waals surface area contributed by atoms with Gasteiger partial charge in [-0.1, -0.05) is 39.0 Å². The summed E-state index contributed by atoms with van der Waals surface area (Å²) < 4.78 is 5.69. The molecule has 0 aliphatic rings. The molecule has 1 aromatic carbocycles. The fraction of sp³-hybridized carbons (Fsp3) is 0.533. The summed E-state index contributed by atoms with van der Waals surface area (Å²) in [6.45, 7) is 2.24. The summed E-state index contributed by atoms with van der Waals surface area (Å²) in [6.07, 6.45) is 8.67. The zero-order valence-corrected chi connectivity index (χ0v) is 11.1. The van der Waals surface area contributed by atoms with E-state index in [0.717, 1.165) is 35.5 Å². The van der Waals surface area contributed by atoms with E-state index in [-0.39, 0.29) is 0 Å². The smallest absolute Gasteiger partial charge is 0.195 e. The van der Waals surface area contributed by atoms with Gasteiger partial charge in [-0.15, -0.1) is 0 Å². The molecule has 18 heavy (non-hydrogen) atoms. The largest absolute Gasteiger partial charge is 0.441 e. The number of aryl methyl sites for hydroxylation is 1. The Bertz CT molecular complexity index is 490. The minimum atomic E-state index is 0.727. The van der Waals surface area contributed by atoms with Crippen molar-refractivity contribution in [3.05, 3.63) is 24.1 Å². The summed E-state index contributed by atoms with van der Waals surface area (Å²) >= 11 is 0. The van der Waals surface area contributed by atoms with Gasteiger partial charge in [-0.25, -0.2) is 4.98 Å². The van der Waals surface area contributed by atoms with Crippen LogP contribution in [-0.2, 0) is 6.42 Å². The number of hydrogen-bond donors (Lipinski definition) is 1. The van der Waals surface area contributed by atoms with E-state index >= 15 is 0 Å². The third kappa shape index (κ3) is 3.49. The van der Waals surface area contributed by atoms with E-state index in [1.807, 2.05) is 18.2 Å². The summed E-state index contributed by atoms with van der Waals surface area (Å²) in [5.74, 6) is 0.839. The molecular weight excluding hydrogens is 224 g/mol. The molecule has 1 aromatic heterocycles. The number of unbranched alkanes of at least 4 members (excludes halogenated alkanes) is 5. The Morgan fingerprint density at radius 1 is 1.11 bits per heavy atom. The van der Waals surface area contributed by atoms with Crippen molar-refractivity contribution in [2.45, 2.75) is 51.9 Å². The summed E-state index contributed by atoms with van der Waals surface area (Å²) in [7, 11) is 0. The maximum absolute atomic E-state index is 5.71. The summed E-state index contributed by atoms with van der Waals surface area (Å²) in [5, 5.41) is 0. The average molecular weight is 246 g/mol. The van der Waals surface area contributed by atoms with Crippen molar-refractivity contribution >= 4 is 16.8 Å². The first-order valence-electron chi connectivity index (χ1n) is 6.94. The highest BCUT2D eigenvalue weighted by Crippen LogP contribution is 2.19. The Morgan fingerprint density at radius 2 is 1.89 bits per heavy atom. The molecule has 0 spiro atoms. The van der Waals surface area contributed by atoms with Gasteiger partial charge in [0, 0.05) is 18.2 Å². The van der Waals surface area contributed by atoms with Gasteiger partial charge in [-0.05, 0) is 18.6 Å². The number of anilines is 1. The number of nitrogens with zero attached hydrogens (tertiary/aromatic N) is 1. The van der Waals surface area contributed by atoms with E-state index in [1.54, 1.807) is 0 Å². The monoisotopic (exact) mass is 246 g/mol. The average Bonchev–Trinajstić information content (AvgIpc) is 2.75. The summed E-state index contributed by atoms with van der Waals surface area (Å²) in [4.78, 5) is 4.47. The second kappa shape index (κ2) is 6.43. The van der Waals surface area contributed by atoms with E-state index < -0.39 is 0 Å². The van der Waals surface area contributed by atoms with Crippen LogP contribution in [0.3, 0.4) is 0 Å². The van der Waals surface area contributed by atoms with Gasteiger partial charge >= 0.3 is 0 Å². The first-order valence-corrected chi connectivity index (χ1v) is 6.94. The van der Waals surface area contributed by atoms with Gasteiger partial charge in [-0.3, -0.25) is 0 Å². The molecule has 0 aliphatic heterocycles. The number of nitrogens with two attached hydrogens (primary N) is 1. The van der Waals surface area contributed by atoms with Crippen molar-refractivity contribution in [3.63, 3.8) is 0 Å². The fourth-order valence-corrected chi connectivity index (χ4v) is 2.15. The molecule has 3 heteroatoms. The Balaban J connectivity index is 1.81. The number of nitrogen functional groups attached to an aromatic ring is 1. The van der Waals surface area contributed by atoms with Gasteiger partial charge in [0.25, 0.3) is 0 Å². The highest BCUT2D eigenvalue weighted by Gasteiger charge is 2.05. The molecule has 0 fully saturated rings. The standard InChI is InChI=1S/C15H22N2O/c1-2-3-4-5-6-7-8-15-17-13-10-9-12(16)11-14(13)18-15/h9-11H,2-8,16H2,1H3. The normalized spacial score (nSPS) is 11.2. The molecule has 2 N–H and O–H groups in total. The van der Waals surface area contributed by atoms with Gasteiger partial charge in [-0.2, -0.15) is 0 Å². The first kappa shape index (κ1) is 12.9. The lowest BCUT2D eigenvalue weighted by Crippen LogP contribution is -1.86. The van der Waals surface area contributed by atoms with Crippen LogP contribution >= 0.6 is 0 Å². The van der Waals surface area contributed by atoms with Crippen LogP contribution in [0.5, 0.6) is 0 Å². The van der Waals surface area contributed by atoms with Crippen molar-refractivity contribution < 1.29 is 4.42 Å². The molecular formula is C15H22N2O. The Morgan fingerprint density at radius 3 is 2.72 bits per heavy atom. The minimum Gasteiger partial charge on any atom is -0.441 e. The number of benzene rings is 1. The third-order valence-electron chi connectivity index (χ3n) is 3.20. The Kier molecular flexibility index (Phi) is 4.62. The first-order chi connectivity index (χ1) is 8.79. The molecule has 0 amide bonds. The van der Waals surface area contributed by atoms with Crippen LogP contribution in [0, 0.1) is 0 Å². The second-order valence-electron chi connectivity index (χ2n) is 4.85. The molecule has 0 bridgehead atoms. The lowest BCUT2D eigenvalue weighted by molar-refractivity contribution is 0.505. The number of fused-ring (bicyclic) bond motifs is 1. The van der Waals surface area contributed by atoms with Crippen LogP contribution in [0.2, 0.25) is 0 Å². The van der Waals surface area contributed by atoms with Crippen molar-refractivity contribution in [2.24, 2.45) is 0 Å². The van der Waals surface area contributed by atoms with E-state index in [1.165, 1.54) is 32.1 Å². The Labute approximate surface area is 108 Å². The third-order valence-corrected chi connectivity index (χ3v) is 3.20. The van der Waals surface area contributed by atoms with E-state index in [9.17, 15) is 0 Å². The van der Waals surface area contributed by atoms with Gasteiger partial charge in [0.1, 0.15) is 5.52 Å². The van der Waals surface area contributed by atoms with Crippen molar-refractivity contribution in [1.82, 2.24) is 4.98 Å². The van der Waals surface area contributed by atoms with E-state index in [0.29, 0.717) is 0 Å².